The van der Waals surface area contributed by atoms with Gasteiger partial charge in [-0.05, 0) is 50.1 Å². The second-order valence-electron chi connectivity index (χ2n) is 5.41. The van der Waals surface area contributed by atoms with Gasteiger partial charge in [0.15, 0.2) is 0 Å². The van der Waals surface area contributed by atoms with E-state index in [0.717, 1.165) is 10.2 Å². The Balaban J connectivity index is 2.16. The molecule has 3 heteroatoms. The summed E-state index contributed by atoms with van der Waals surface area (Å²) < 4.78 is 6.61. The van der Waals surface area contributed by atoms with Crippen molar-refractivity contribution in [1.82, 2.24) is 5.32 Å². The van der Waals surface area contributed by atoms with Gasteiger partial charge < -0.3 is 10.1 Å². The van der Waals surface area contributed by atoms with Crippen LogP contribution < -0.4 is 10.1 Å². The lowest BCUT2D eigenvalue weighted by atomic mass is 10.0. The van der Waals surface area contributed by atoms with Crippen molar-refractivity contribution in [2.24, 2.45) is 0 Å². The molecule has 0 aliphatic heterocycles. The minimum atomic E-state index is 0.217. The quantitative estimate of drug-likeness (QED) is 0.804. The van der Waals surface area contributed by atoms with E-state index in [9.17, 15) is 0 Å². The predicted octanol–water partition coefficient (Wildman–Crippen LogP) is 5.18. The molecule has 0 radical (unpaired) electrons. The van der Waals surface area contributed by atoms with Gasteiger partial charge in [0, 0.05) is 22.1 Å². The number of methoxy groups -OCH3 is 1. The van der Waals surface area contributed by atoms with Crippen molar-refractivity contribution in [2.75, 3.05) is 7.11 Å². The lowest BCUT2D eigenvalue weighted by Gasteiger charge is -2.22. The molecule has 21 heavy (non-hydrogen) atoms. The van der Waals surface area contributed by atoms with E-state index in [1.165, 1.54) is 16.7 Å². The molecule has 0 spiro atoms. The molecule has 0 aliphatic rings. The Hall–Kier alpha value is -1.32. The molecule has 112 valence electrons. The Morgan fingerprint density at radius 2 is 1.81 bits per heavy atom. The summed E-state index contributed by atoms with van der Waals surface area (Å²) in [5.41, 5.74) is 3.66. The van der Waals surface area contributed by atoms with Gasteiger partial charge >= 0.3 is 0 Å². The second kappa shape index (κ2) is 7.10. The van der Waals surface area contributed by atoms with Crippen LogP contribution >= 0.6 is 15.9 Å². The summed E-state index contributed by atoms with van der Waals surface area (Å²) in [5, 5.41) is 3.63. The van der Waals surface area contributed by atoms with Gasteiger partial charge in [0.25, 0.3) is 0 Å². The maximum absolute atomic E-state index is 5.51. The minimum Gasteiger partial charge on any atom is -0.496 e. The fourth-order valence-electron chi connectivity index (χ4n) is 2.51. The van der Waals surface area contributed by atoms with Gasteiger partial charge in [-0.25, -0.2) is 0 Å². The van der Waals surface area contributed by atoms with E-state index in [4.69, 9.17) is 4.74 Å². The average Bonchev–Trinajstić information content (AvgIpc) is 2.46. The molecule has 0 saturated heterocycles. The van der Waals surface area contributed by atoms with Crippen molar-refractivity contribution < 1.29 is 4.74 Å². The normalized spacial score (nSPS) is 13.8. The second-order valence-corrected chi connectivity index (χ2v) is 6.33. The number of halogens is 1. The molecule has 0 saturated carbocycles. The zero-order valence-corrected chi connectivity index (χ0v) is 14.6. The van der Waals surface area contributed by atoms with Crippen LogP contribution in [0.4, 0.5) is 0 Å². The molecule has 0 aromatic heterocycles. The molecule has 0 heterocycles. The van der Waals surface area contributed by atoms with Gasteiger partial charge in [-0.15, -0.1) is 0 Å². The van der Waals surface area contributed by atoms with Crippen molar-refractivity contribution in [3.63, 3.8) is 0 Å². The molecule has 0 bridgehead atoms. The van der Waals surface area contributed by atoms with Crippen LogP contribution in [0, 0.1) is 6.92 Å². The Morgan fingerprint density at radius 3 is 2.48 bits per heavy atom. The minimum absolute atomic E-state index is 0.217. The van der Waals surface area contributed by atoms with Crippen LogP contribution in [0.3, 0.4) is 0 Å². The van der Waals surface area contributed by atoms with Crippen LogP contribution in [0.15, 0.2) is 46.9 Å². The first kappa shape index (κ1) is 16.1. The SMILES string of the molecule is COc1cc(C)ccc1C(C)N[C@@H](C)c1cccc(Br)c1. The number of hydrogen-bond acceptors (Lipinski definition) is 2. The highest BCUT2D eigenvalue weighted by Crippen LogP contribution is 2.28. The Bertz CT molecular complexity index is 612. The first-order valence-electron chi connectivity index (χ1n) is 7.17. The van der Waals surface area contributed by atoms with Crippen LogP contribution in [-0.4, -0.2) is 7.11 Å². The average molecular weight is 348 g/mol. The first-order valence-corrected chi connectivity index (χ1v) is 7.96. The Morgan fingerprint density at radius 1 is 1.05 bits per heavy atom. The fourth-order valence-corrected chi connectivity index (χ4v) is 2.93. The van der Waals surface area contributed by atoms with Gasteiger partial charge in [0.05, 0.1) is 7.11 Å². The van der Waals surface area contributed by atoms with E-state index >= 15 is 0 Å². The number of nitrogens with one attached hydrogen (secondary N) is 1. The van der Waals surface area contributed by atoms with Crippen LogP contribution in [0.2, 0.25) is 0 Å². The summed E-state index contributed by atoms with van der Waals surface area (Å²) >= 11 is 3.52. The van der Waals surface area contributed by atoms with Gasteiger partial charge in [0.1, 0.15) is 5.75 Å². The molecule has 0 fully saturated rings. The highest BCUT2D eigenvalue weighted by Gasteiger charge is 2.15. The summed E-state index contributed by atoms with van der Waals surface area (Å²) in [4.78, 5) is 0. The summed E-state index contributed by atoms with van der Waals surface area (Å²) in [7, 11) is 1.72. The summed E-state index contributed by atoms with van der Waals surface area (Å²) in [6, 6.07) is 15.2. The third-order valence-corrected chi connectivity index (χ3v) is 4.20. The van der Waals surface area contributed by atoms with Crippen molar-refractivity contribution >= 4 is 15.9 Å². The van der Waals surface area contributed by atoms with Crippen LogP contribution in [-0.2, 0) is 0 Å². The van der Waals surface area contributed by atoms with Crippen LogP contribution in [0.25, 0.3) is 0 Å². The molecule has 2 nitrogen and oxygen atoms in total. The van der Waals surface area contributed by atoms with Gasteiger partial charge in [-0.1, -0.05) is 40.2 Å². The van der Waals surface area contributed by atoms with E-state index in [1.54, 1.807) is 7.11 Å². The van der Waals surface area contributed by atoms with Crippen LogP contribution in [0.5, 0.6) is 5.75 Å². The number of aryl methyl sites for hydroxylation is 1. The molecule has 1 unspecified atom stereocenters. The molecule has 1 N–H and O–H groups in total. The van der Waals surface area contributed by atoms with Gasteiger partial charge in [-0.3, -0.25) is 0 Å². The number of hydrogen-bond donors (Lipinski definition) is 1. The monoisotopic (exact) mass is 347 g/mol. The predicted molar refractivity (Wildman–Crippen MR) is 91.8 cm³/mol. The largest absolute Gasteiger partial charge is 0.496 e. The summed E-state index contributed by atoms with van der Waals surface area (Å²) in [5.74, 6) is 0.941. The molecule has 2 rings (SSSR count). The number of ether oxygens (including phenoxy) is 1. The van der Waals surface area contributed by atoms with E-state index < -0.39 is 0 Å². The highest BCUT2D eigenvalue weighted by atomic mass is 79.9. The van der Waals surface area contributed by atoms with Crippen molar-refractivity contribution in [3.05, 3.63) is 63.6 Å². The third kappa shape index (κ3) is 4.08. The highest BCUT2D eigenvalue weighted by molar-refractivity contribution is 9.10. The Labute approximate surface area is 135 Å². The molecular formula is C18H22BrNO. The standard InChI is InChI=1S/C18H22BrNO/c1-12-8-9-17(18(10-12)21-4)14(3)20-13(2)15-6-5-7-16(19)11-15/h5-11,13-14,20H,1-4H3/t13-,14?/m0/s1. The molecule has 0 aliphatic carbocycles. The lowest BCUT2D eigenvalue weighted by molar-refractivity contribution is 0.396. The molecule has 0 amide bonds. The molecular weight excluding hydrogens is 326 g/mol. The maximum atomic E-state index is 5.51. The topological polar surface area (TPSA) is 21.3 Å². The van der Waals surface area contributed by atoms with Crippen LogP contribution in [0.1, 0.15) is 42.6 Å². The van der Waals surface area contributed by atoms with Crippen molar-refractivity contribution in [3.8, 4) is 5.75 Å². The van der Waals surface area contributed by atoms with Gasteiger partial charge in [0.2, 0.25) is 0 Å². The molecule has 2 aromatic carbocycles. The lowest BCUT2D eigenvalue weighted by Crippen LogP contribution is -2.23. The fraction of sp³-hybridized carbons (Fsp3) is 0.333. The van der Waals surface area contributed by atoms with Crippen molar-refractivity contribution in [1.29, 1.82) is 0 Å². The zero-order valence-electron chi connectivity index (χ0n) is 13.0. The Kier molecular flexibility index (Phi) is 5.43. The van der Waals surface area contributed by atoms with E-state index in [0.29, 0.717) is 0 Å². The summed E-state index contributed by atoms with van der Waals surface area (Å²) in [6.07, 6.45) is 0. The van der Waals surface area contributed by atoms with E-state index in [2.05, 4.69) is 78.4 Å². The van der Waals surface area contributed by atoms with E-state index in [-0.39, 0.29) is 12.1 Å². The summed E-state index contributed by atoms with van der Waals surface area (Å²) in [6.45, 7) is 6.43. The number of benzene rings is 2. The maximum Gasteiger partial charge on any atom is 0.123 e. The zero-order chi connectivity index (χ0) is 15.4. The van der Waals surface area contributed by atoms with Gasteiger partial charge in [-0.2, -0.15) is 0 Å². The smallest absolute Gasteiger partial charge is 0.123 e. The van der Waals surface area contributed by atoms with Crippen molar-refractivity contribution in [2.45, 2.75) is 32.9 Å². The third-order valence-electron chi connectivity index (χ3n) is 3.70. The molecule has 2 aromatic rings. The first-order chi connectivity index (χ1) is 10.0. The van der Waals surface area contributed by atoms with E-state index in [1.807, 2.05) is 6.07 Å². The number of rotatable bonds is 5. The molecule has 2 atom stereocenters.